The zero-order valence-electron chi connectivity index (χ0n) is 17.7. The number of fused-ring (bicyclic) bond motifs is 1. The smallest absolute Gasteiger partial charge is 0.252 e. The van der Waals surface area contributed by atoms with Crippen molar-refractivity contribution >= 4 is 16.7 Å². The van der Waals surface area contributed by atoms with Crippen LogP contribution >= 0.6 is 0 Å². The zero-order valence-corrected chi connectivity index (χ0v) is 17.7. The molecule has 2 aromatic heterocycles. The Kier molecular flexibility index (Phi) is 8.98. The summed E-state index contributed by atoms with van der Waals surface area (Å²) in [6.07, 6.45) is 16.6. The van der Waals surface area contributed by atoms with Crippen molar-refractivity contribution < 1.29 is 9.30 Å². The maximum absolute atomic E-state index is 5.85. The maximum Gasteiger partial charge on any atom is 0.252 e. The lowest BCUT2D eigenvalue weighted by atomic mass is 10.1. The number of imidazole rings is 1. The molecule has 0 saturated carbocycles. The number of anilines is 1. The Morgan fingerprint density at radius 1 is 0.966 bits per heavy atom. The quantitative estimate of drug-likeness (QED) is 0.289. The molecular formula is C24H35N4O+. The molecule has 0 amide bonds. The van der Waals surface area contributed by atoms with E-state index in [0.29, 0.717) is 13.4 Å². The number of rotatable bonds is 14. The number of ether oxygens (including phenoxy) is 1. The second-order valence-electron chi connectivity index (χ2n) is 7.66. The number of hydrogen-bond donors (Lipinski definition) is 1. The van der Waals surface area contributed by atoms with Gasteiger partial charge >= 0.3 is 0 Å². The van der Waals surface area contributed by atoms with Gasteiger partial charge in [0.25, 0.3) is 6.73 Å². The summed E-state index contributed by atoms with van der Waals surface area (Å²) < 4.78 is 10.0. The van der Waals surface area contributed by atoms with Crippen LogP contribution in [-0.4, -0.2) is 16.2 Å². The minimum atomic E-state index is 0.597. The van der Waals surface area contributed by atoms with Crippen molar-refractivity contribution in [3.8, 4) is 0 Å². The first-order valence-electron chi connectivity index (χ1n) is 11.1. The van der Waals surface area contributed by atoms with E-state index in [1.165, 1.54) is 44.9 Å². The van der Waals surface area contributed by atoms with Crippen molar-refractivity contribution in [2.45, 2.75) is 71.7 Å². The third kappa shape index (κ3) is 7.17. The number of para-hydroxylation sites is 2. The molecule has 0 spiro atoms. The van der Waals surface area contributed by atoms with Crippen LogP contribution in [0.5, 0.6) is 0 Å². The monoisotopic (exact) mass is 395 g/mol. The molecule has 0 aliphatic rings. The highest BCUT2D eigenvalue weighted by molar-refractivity contribution is 5.74. The van der Waals surface area contributed by atoms with E-state index in [0.717, 1.165) is 29.7 Å². The molecule has 0 aliphatic heterocycles. The Bertz CT molecular complexity index is 846. The van der Waals surface area contributed by atoms with E-state index < -0.39 is 0 Å². The zero-order chi connectivity index (χ0) is 20.2. The fraction of sp³-hybridized carbons (Fsp3) is 0.500. The third-order valence-electron chi connectivity index (χ3n) is 5.22. The van der Waals surface area contributed by atoms with Gasteiger partial charge in [0.1, 0.15) is 5.69 Å². The van der Waals surface area contributed by atoms with E-state index in [-0.39, 0.29) is 0 Å². The topological polar surface area (TPSA) is 43.0 Å². The van der Waals surface area contributed by atoms with Crippen LogP contribution in [0.3, 0.4) is 0 Å². The Balaban J connectivity index is 1.33. The summed E-state index contributed by atoms with van der Waals surface area (Å²) >= 11 is 0. The fourth-order valence-electron chi connectivity index (χ4n) is 3.53. The van der Waals surface area contributed by atoms with Crippen molar-refractivity contribution in [3.05, 3.63) is 55.1 Å². The van der Waals surface area contributed by atoms with Crippen molar-refractivity contribution in [1.82, 2.24) is 9.55 Å². The maximum atomic E-state index is 5.85. The van der Waals surface area contributed by atoms with Gasteiger partial charge in [-0.15, -0.1) is 0 Å². The van der Waals surface area contributed by atoms with Gasteiger partial charge in [0, 0.05) is 6.07 Å². The number of benzene rings is 1. The van der Waals surface area contributed by atoms with Crippen LogP contribution in [0.15, 0.2) is 55.1 Å². The predicted molar refractivity (Wildman–Crippen MR) is 119 cm³/mol. The molecule has 2 heterocycles. The number of hydrogen-bond acceptors (Lipinski definition) is 3. The van der Waals surface area contributed by atoms with Gasteiger partial charge in [-0.3, -0.25) is 0 Å². The number of pyridine rings is 1. The van der Waals surface area contributed by atoms with Gasteiger partial charge in [0.05, 0.1) is 30.6 Å². The van der Waals surface area contributed by atoms with Crippen molar-refractivity contribution in [1.29, 1.82) is 0 Å². The van der Waals surface area contributed by atoms with Gasteiger partial charge in [0.15, 0.2) is 12.4 Å². The normalized spacial score (nSPS) is 11.2. The van der Waals surface area contributed by atoms with Crippen LogP contribution in [0.2, 0.25) is 0 Å². The van der Waals surface area contributed by atoms with Gasteiger partial charge in [-0.2, -0.15) is 4.57 Å². The van der Waals surface area contributed by atoms with Gasteiger partial charge in [0.2, 0.25) is 0 Å². The molecular weight excluding hydrogens is 360 g/mol. The minimum Gasteiger partial charge on any atom is -0.363 e. The average molecular weight is 396 g/mol. The SMILES string of the molecule is CCCCCCCCCCOC[n+]1cccc(NCn2cnc3ccccc32)c1. The Labute approximate surface area is 174 Å². The van der Waals surface area contributed by atoms with E-state index in [4.69, 9.17) is 4.74 Å². The number of unbranched alkanes of at least 4 members (excludes halogenated alkanes) is 7. The van der Waals surface area contributed by atoms with Gasteiger partial charge in [-0.05, 0) is 24.6 Å². The van der Waals surface area contributed by atoms with E-state index in [1.807, 2.05) is 36.8 Å². The van der Waals surface area contributed by atoms with Crippen molar-refractivity contribution in [3.63, 3.8) is 0 Å². The molecule has 0 fully saturated rings. The van der Waals surface area contributed by atoms with E-state index in [1.54, 1.807) is 0 Å². The standard InChI is InChI=1S/C24H35N4O/c1-2-3-4-5-6-7-8-11-17-29-21-27-16-12-13-22(18-27)25-19-28-20-26-23-14-9-10-15-24(23)28/h9-10,12-16,18,20,25H,2-8,11,17,19,21H2,1H3/q+1. The second-order valence-corrected chi connectivity index (χ2v) is 7.66. The first kappa shape index (κ1) is 21.3. The largest absolute Gasteiger partial charge is 0.363 e. The number of nitrogens with zero attached hydrogens (tertiary/aromatic N) is 3. The summed E-state index contributed by atoms with van der Waals surface area (Å²) in [4.78, 5) is 4.44. The highest BCUT2D eigenvalue weighted by atomic mass is 16.5. The molecule has 3 aromatic rings. The number of nitrogens with one attached hydrogen (secondary N) is 1. The third-order valence-corrected chi connectivity index (χ3v) is 5.22. The van der Waals surface area contributed by atoms with Crippen molar-refractivity contribution in [2.75, 3.05) is 11.9 Å². The lowest BCUT2D eigenvalue weighted by Gasteiger charge is -2.08. The molecule has 5 heteroatoms. The van der Waals surface area contributed by atoms with Crippen LogP contribution in [-0.2, 0) is 18.1 Å². The Hall–Kier alpha value is -2.40. The molecule has 0 saturated heterocycles. The summed E-state index contributed by atoms with van der Waals surface area (Å²) in [6.45, 7) is 4.38. The van der Waals surface area contributed by atoms with Gasteiger partial charge < -0.3 is 14.6 Å². The summed E-state index contributed by atoms with van der Waals surface area (Å²) in [5, 5.41) is 3.47. The lowest BCUT2D eigenvalue weighted by molar-refractivity contribution is -0.732. The summed E-state index contributed by atoms with van der Waals surface area (Å²) in [6, 6.07) is 12.3. The summed E-state index contributed by atoms with van der Waals surface area (Å²) in [5.41, 5.74) is 3.23. The molecule has 1 N–H and O–H groups in total. The van der Waals surface area contributed by atoms with Crippen molar-refractivity contribution in [2.24, 2.45) is 0 Å². The fourth-order valence-corrected chi connectivity index (χ4v) is 3.53. The molecule has 0 atom stereocenters. The molecule has 0 aliphatic carbocycles. The Morgan fingerprint density at radius 3 is 2.62 bits per heavy atom. The first-order valence-corrected chi connectivity index (χ1v) is 11.1. The highest BCUT2D eigenvalue weighted by Gasteiger charge is 2.05. The van der Waals surface area contributed by atoms with Gasteiger partial charge in [-0.25, -0.2) is 4.98 Å². The number of aromatic nitrogens is 3. The molecule has 0 unspecified atom stereocenters. The molecule has 0 radical (unpaired) electrons. The van der Waals surface area contributed by atoms with Crippen LogP contribution in [0.25, 0.3) is 11.0 Å². The average Bonchev–Trinajstić information content (AvgIpc) is 3.17. The van der Waals surface area contributed by atoms with E-state index in [9.17, 15) is 0 Å². The first-order chi connectivity index (χ1) is 14.4. The van der Waals surface area contributed by atoms with Crippen LogP contribution in [0.1, 0.15) is 58.3 Å². The van der Waals surface area contributed by atoms with Crippen LogP contribution in [0.4, 0.5) is 5.69 Å². The summed E-state index contributed by atoms with van der Waals surface area (Å²) in [7, 11) is 0. The molecule has 156 valence electrons. The van der Waals surface area contributed by atoms with Gasteiger partial charge in [-0.1, -0.05) is 64.0 Å². The molecule has 0 bridgehead atoms. The van der Waals surface area contributed by atoms with Crippen LogP contribution < -0.4 is 9.88 Å². The van der Waals surface area contributed by atoms with E-state index >= 15 is 0 Å². The predicted octanol–water partition coefficient (Wildman–Crippen LogP) is 5.51. The molecule has 1 aromatic carbocycles. The second kappa shape index (κ2) is 12.2. The molecule has 5 nitrogen and oxygen atoms in total. The summed E-state index contributed by atoms with van der Waals surface area (Å²) in [5.74, 6) is 0. The Morgan fingerprint density at radius 2 is 1.76 bits per heavy atom. The van der Waals surface area contributed by atoms with Crippen LogP contribution in [0, 0.1) is 0 Å². The molecule has 29 heavy (non-hydrogen) atoms. The molecule has 3 rings (SSSR count). The minimum absolute atomic E-state index is 0.597. The van der Waals surface area contributed by atoms with E-state index in [2.05, 4.69) is 44.7 Å². The lowest BCUT2D eigenvalue weighted by Crippen LogP contribution is -2.34. The highest BCUT2D eigenvalue weighted by Crippen LogP contribution is 2.12.